The standard InChI is InChI=1S/C15H23N5O/c1-11(2)14-17-15(21-18-14)12(3)20-9-4-6-13(20)10-19-8-5-7-16-19/h5,7-8,11-13H,4,6,9-10H2,1-3H3/t12-,13+/m0/s1. The summed E-state index contributed by atoms with van der Waals surface area (Å²) in [6.07, 6.45) is 6.25. The van der Waals surface area contributed by atoms with Crippen molar-refractivity contribution in [2.75, 3.05) is 6.54 Å². The second-order valence-electron chi connectivity index (χ2n) is 6.08. The minimum Gasteiger partial charge on any atom is -0.338 e. The molecule has 1 aliphatic heterocycles. The van der Waals surface area contributed by atoms with E-state index in [1.807, 2.05) is 23.1 Å². The summed E-state index contributed by atoms with van der Waals surface area (Å²) >= 11 is 0. The van der Waals surface area contributed by atoms with Crippen molar-refractivity contribution in [3.63, 3.8) is 0 Å². The topological polar surface area (TPSA) is 60.0 Å². The van der Waals surface area contributed by atoms with Gasteiger partial charge in [-0.3, -0.25) is 9.58 Å². The van der Waals surface area contributed by atoms with Gasteiger partial charge in [-0.15, -0.1) is 0 Å². The van der Waals surface area contributed by atoms with Crippen molar-refractivity contribution in [1.82, 2.24) is 24.8 Å². The van der Waals surface area contributed by atoms with E-state index in [9.17, 15) is 0 Å². The molecule has 1 aliphatic rings. The lowest BCUT2D eigenvalue weighted by Gasteiger charge is -2.28. The Morgan fingerprint density at radius 1 is 1.38 bits per heavy atom. The number of nitrogens with zero attached hydrogens (tertiary/aromatic N) is 5. The molecule has 0 unspecified atom stereocenters. The zero-order valence-corrected chi connectivity index (χ0v) is 12.9. The second kappa shape index (κ2) is 5.97. The van der Waals surface area contributed by atoms with Crippen LogP contribution in [0.15, 0.2) is 23.0 Å². The van der Waals surface area contributed by atoms with Crippen LogP contribution in [0.2, 0.25) is 0 Å². The molecule has 0 radical (unpaired) electrons. The van der Waals surface area contributed by atoms with Crippen LogP contribution in [0.3, 0.4) is 0 Å². The highest BCUT2D eigenvalue weighted by atomic mass is 16.5. The van der Waals surface area contributed by atoms with Crippen molar-refractivity contribution in [2.24, 2.45) is 0 Å². The van der Waals surface area contributed by atoms with Crippen LogP contribution in [-0.4, -0.2) is 37.4 Å². The molecule has 114 valence electrons. The lowest BCUT2D eigenvalue weighted by atomic mass is 10.2. The Morgan fingerprint density at radius 2 is 2.24 bits per heavy atom. The van der Waals surface area contributed by atoms with E-state index >= 15 is 0 Å². The van der Waals surface area contributed by atoms with Crippen molar-refractivity contribution in [3.8, 4) is 0 Å². The third kappa shape index (κ3) is 3.00. The Morgan fingerprint density at radius 3 is 2.90 bits per heavy atom. The lowest BCUT2D eigenvalue weighted by molar-refractivity contribution is 0.144. The van der Waals surface area contributed by atoms with E-state index in [-0.39, 0.29) is 6.04 Å². The monoisotopic (exact) mass is 289 g/mol. The SMILES string of the molecule is CC(C)c1noc([C@H](C)N2CCC[C@@H]2Cn2cccn2)n1. The average Bonchev–Trinajstić information content (AvgIpc) is 3.20. The van der Waals surface area contributed by atoms with E-state index in [0.29, 0.717) is 12.0 Å². The average molecular weight is 289 g/mol. The molecule has 0 saturated carbocycles. The number of aromatic nitrogens is 4. The van der Waals surface area contributed by atoms with Gasteiger partial charge in [0.05, 0.1) is 12.6 Å². The highest BCUT2D eigenvalue weighted by Crippen LogP contribution is 2.29. The Hall–Kier alpha value is -1.69. The van der Waals surface area contributed by atoms with E-state index in [2.05, 4.69) is 40.9 Å². The molecule has 2 atom stereocenters. The van der Waals surface area contributed by atoms with Gasteiger partial charge in [-0.25, -0.2) is 0 Å². The Kier molecular flexibility index (Phi) is 4.05. The van der Waals surface area contributed by atoms with Crippen LogP contribution in [0.4, 0.5) is 0 Å². The minimum atomic E-state index is 0.160. The van der Waals surface area contributed by atoms with Gasteiger partial charge in [0, 0.05) is 24.4 Å². The molecule has 0 aromatic carbocycles. The van der Waals surface area contributed by atoms with Gasteiger partial charge in [-0.1, -0.05) is 19.0 Å². The van der Waals surface area contributed by atoms with E-state index in [1.54, 1.807) is 0 Å². The van der Waals surface area contributed by atoms with Gasteiger partial charge in [0.1, 0.15) is 0 Å². The van der Waals surface area contributed by atoms with Crippen LogP contribution in [0.1, 0.15) is 57.3 Å². The molecule has 1 saturated heterocycles. The van der Waals surface area contributed by atoms with Gasteiger partial charge in [0.2, 0.25) is 5.89 Å². The van der Waals surface area contributed by atoms with Crippen LogP contribution in [0, 0.1) is 0 Å². The van der Waals surface area contributed by atoms with Gasteiger partial charge in [0.15, 0.2) is 5.82 Å². The maximum Gasteiger partial charge on any atom is 0.243 e. The Balaban J connectivity index is 1.71. The van der Waals surface area contributed by atoms with E-state index in [0.717, 1.165) is 24.8 Å². The molecule has 3 heterocycles. The van der Waals surface area contributed by atoms with Crippen LogP contribution < -0.4 is 0 Å². The van der Waals surface area contributed by atoms with Gasteiger partial charge in [-0.05, 0) is 32.4 Å². The van der Waals surface area contributed by atoms with Gasteiger partial charge < -0.3 is 4.52 Å². The molecular formula is C15H23N5O. The fraction of sp³-hybridized carbons (Fsp3) is 0.667. The molecule has 0 aliphatic carbocycles. The molecule has 6 nitrogen and oxygen atoms in total. The Bertz CT molecular complexity index is 562. The lowest BCUT2D eigenvalue weighted by Crippen LogP contribution is -2.35. The van der Waals surface area contributed by atoms with Crippen LogP contribution in [-0.2, 0) is 6.54 Å². The van der Waals surface area contributed by atoms with Crippen molar-refractivity contribution in [1.29, 1.82) is 0 Å². The first-order chi connectivity index (χ1) is 10.1. The molecule has 3 rings (SSSR count). The molecule has 6 heteroatoms. The number of hydrogen-bond acceptors (Lipinski definition) is 5. The molecule has 21 heavy (non-hydrogen) atoms. The van der Waals surface area contributed by atoms with Crippen molar-refractivity contribution in [3.05, 3.63) is 30.2 Å². The quantitative estimate of drug-likeness (QED) is 0.846. The Labute approximate surface area is 125 Å². The van der Waals surface area contributed by atoms with Crippen molar-refractivity contribution in [2.45, 2.75) is 58.2 Å². The summed E-state index contributed by atoms with van der Waals surface area (Å²) < 4.78 is 7.46. The normalized spacial score (nSPS) is 21.2. The fourth-order valence-corrected chi connectivity index (χ4v) is 2.98. The van der Waals surface area contributed by atoms with Gasteiger partial charge in [-0.2, -0.15) is 10.1 Å². The second-order valence-corrected chi connectivity index (χ2v) is 6.08. The first kappa shape index (κ1) is 14.3. The van der Waals surface area contributed by atoms with Crippen LogP contribution in [0.25, 0.3) is 0 Å². The van der Waals surface area contributed by atoms with Crippen LogP contribution in [0.5, 0.6) is 0 Å². The largest absolute Gasteiger partial charge is 0.338 e. The summed E-state index contributed by atoms with van der Waals surface area (Å²) in [5.74, 6) is 1.82. The molecular weight excluding hydrogens is 266 g/mol. The fourth-order valence-electron chi connectivity index (χ4n) is 2.98. The molecule has 0 bridgehead atoms. The van der Waals surface area contributed by atoms with E-state index in [4.69, 9.17) is 4.52 Å². The summed E-state index contributed by atoms with van der Waals surface area (Å²) in [6.45, 7) is 8.30. The molecule has 0 N–H and O–H groups in total. The number of rotatable bonds is 5. The summed E-state index contributed by atoms with van der Waals surface area (Å²) in [7, 11) is 0. The molecule has 2 aromatic rings. The van der Waals surface area contributed by atoms with Gasteiger partial charge in [0.25, 0.3) is 0 Å². The molecule has 2 aromatic heterocycles. The third-order valence-corrected chi connectivity index (χ3v) is 4.21. The smallest absolute Gasteiger partial charge is 0.243 e. The highest BCUT2D eigenvalue weighted by molar-refractivity contribution is 4.98. The summed E-state index contributed by atoms with van der Waals surface area (Å²) in [5, 5.41) is 8.39. The summed E-state index contributed by atoms with van der Waals surface area (Å²) in [5.41, 5.74) is 0. The van der Waals surface area contributed by atoms with E-state index < -0.39 is 0 Å². The predicted octanol–water partition coefficient (Wildman–Crippen LogP) is 2.62. The van der Waals surface area contributed by atoms with Crippen LogP contribution >= 0.6 is 0 Å². The number of hydrogen-bond donors (Lipinski definition) is 0. The van der Waals surface area contributed by atoms with E-state index in [1.165, 1.54) is 12.8 Å². The zero-order chi connectivity index (χ0) is 14.8. The summed E-state index contributed by atoms with van der Waals surface area (Å²) in [6, 6.07) is 2.61. The zero-order valence-electron chi connectivity index (χ0n) is 12.9. The highest BCUT2D eigenvalue weighted by Gasteiger charge is 2.32. The number of likely N-dealkylation sites (tertiary alicyclic amines) is 1. The molecule has 1 fully saturated rings. The van der Waals surface area contributed by atoms with Crippen molar-refractivity contribution >= 4 is 0 Å². The third-order valence-electron chi connectivity index (χ3n) is 4.21. The maximum absolute atomic E-state index is 5.46. The van der Waals surface area contributed by atoms with Gasteiger partial charge >= 0.3 is 0 Å². The maximum atomic E-state index is 5.46. The molecule has 0 amide bonds. The van der Waals surface area contributed by atoms with Crippen molar-refractivity contribution < 1.29 is 4.52 Å². The minimum absolute atomic E-state index is 0.160. The summed E-state index contributed by atoms with van der Waals surface area (Å²) in [4.78, 5) is 7.00. The first-order valence-electron chi connectivity index (χ1n) is 7.72. The predicted molar refractivity (Wildman–Crippen MR) is 78.8 cm³/mol. The first-order valence-corrected chi connectivity index (χ1v) is 7.72. The molecule has 0 spiro atoms.